The molecule has 2 saturated carbocycles. The van der Waals surface area contributed by atoms with Gasteiger partial charge >= 0.3 is 0 Å². The van der Waals surface area contributed by atoms with Gasteiger partial charge in [-0.15, -0.1) is 0 Å². The number of likely N-dealkylation sites (tertiary alicyclic amines) is 1. The van der Waals surface area contributed by atoms with Gasteiger partial charge in [0.05, 0.1) is 6.61 Å². The highest BCUT2D eigenvalue weighted by atomic mass is 16.3. The van der Waals surface area contributed by atoms with Crippen molar-refractivity contribution in [1.82, 2.24) is 9.88 Å². The molecule has 0 aromatic carbocycles. The van der Waals surface area contributed by atoms with Gasteiger partial charge in [0, 0.05) is 36.9 Å². The zero-order valence-corrected chi connectivity index (χ0v) is 15.0. The summed E-state index contributed by atoms with van der Waals surface area (Å²) < 4.78 is 0. The van der Waals surface area contributed by atoms with Crippen molar-refractivity contribution in [2.75, 3.05) is 31.6 Å². The minimum absolute atomic E-state index is 0.0146. The van der Waals surface area contributed by atoms with Crippen LogP contribution in [0.1, 0.15) is 61.9 Å². The van der Waals surface area contributed by atoms with Crippen molar-refractivity contribution in [2.45, 2.75) is 51.4 Å². The highest BCUT2D eigenvalue weighted by molar-refractivity contribution is 5.93. The molecule has 4 rings (SSSR count). The monoisotopic (exact) mass is 343 g/mol. The van der Waals surface area contributed by atoms with E-state index in [0.29, 0.717) is 11.1 Å². The Morgan fingerprint density at radius 1 is 1.20 bits per heavy atom. The minimum atomic E-state index is 0.0146. The van der Waals surface area contributed by atoms with Gasteiger partial charge in [-0.25, -0.2) is 0 Å². The second-order valence-electron chi connectivity index (χ2n) is 8.50. The van der Waals surface area contributed by atoms with Gasteiger partial charge in [-0.1, -0.05) is 6.42 Å². The summed E-state index contributed by atoms with van der Waals surface area (Å²) in [6.45, 7) is 2.70. The third-order valence-corrected chi connectivity index (χ3v) is 6.54. The normalized spacial score (nSPS) is 23.6. The van der Waals surface area contributed by atoms with E-state index in [1.165, 1.54) is 25.7 Å². The van der Waals surface area contributed by atoms with Gasteiger partial charge in [0.2, 0.25) is 0 Å². The molecule has 5 heteroatoms. The van der Waals surface area contributed by atoms with Crippen LogP contribution in [0.4, 0.5) is 5.69 Å². The van der Waals surface area contributed by atoms with Crippen molar-refractivity contribution in [3.8, 4) is 0 Å². The largest absolute Gasteiger partial charge is 0.396 e. The number of nitrogens with zero attached hydrogens (tertiary/aromatic N) is 2. The predicted molar refractivity (Wildman–Crippen MR) is 97.5 cm³/mol. The smallest absolute Gasteiger partial charge is 0.272 e. The molecule has 2 aliphatic carbocycles. The van der Waals surface area contributed by atoms with Gasteiger partial charge in [-0.3, -0.25) is 9.78 Å². The zero-order valence-electron chi connectivity index (χ0n) is 15.0. The second-order valence-corrected chi connectivity index (χ2v) is 8.50. The molecule has 25 heavy (non-hydrogen) atoms. The molecule has 1 aromatic rings. The first-order chi connectivity index (χ1) is 12.1. The zero-order chi connectivity index (χ0) is 17.3. The Labute approximate surface area is 149 Å². The van der Waals surface area contributed by atoms with Crippen molar-refractivity contribution in [3.63, 3.8) is 0 Å². The van der Waals surface area contributed by atoms with Gasteiger partial charge in [0.15, 0.2) is 0 Å². The Morgan fingerprint density at radius 2 is 1.96 bits per heavy atom. The fourth-order valence-electron chi connectivity index (χ4n) is 5.07. The molecule has 0 bridgehead atoms. The number of aliphatic hydroxyl groups is 1. The Balaban J connectivity index is 1.37. The molecule has 2 heterocycles. The third-order valence-electron chi connectivity index (χ3n) is 6.54. The van der Waals surface area contributed by atoms with Gasteiger partial charge < -0.3 is 15.3 Å². The lowest BCUT2D eigenvalue weighted by Gasteiger charge is -2.61. The van der Waals surface area contributed by atoms with E-state index >= 15 is 0 Å². The SMILES string of the molecule is O=C(c1cc(NCC2(CO)CC3(CCC3)C2)ccn1)N1CCCCC1. The van der Waals surface area contributed by atoms with Crippen LogP contribution in [0.2, 0.25) is 0 Å². The number of anilines is 1. The van der Waals surface area contributed by atoms with Crippen LogP contribution < -0.4 is 5.32 Å². The number of nitrogens with one attached hydrogen (secondary N) is 1. The maximum atomic E-state index is 12.6. The summed E-state index contributed by atoms with van der Waals surface area (Å²) in [6.07, 6.45) is 11.4. The molecule has 1 spiro atoms. The van der Waals surface area contributed by atoms with Crippen LogP contribution in [0, 0.1) is 10.8 Å². The summed E-state index contributed by atoms with van der Waals surface area (Å²) in [6, 6.07) is 3.77. The van der Waals surface area contributed by atoms with Crippen LogP contribution in [0.3, 0.4) is 0 Å². The highest BCUT2D eigenvalue weighted by Gasteiger charge is 2.56. The lowest BCUT2D eigenvalue weighted by molar-refractivity contribution is -0.113. The minimum Gasteiger partial charge on any atom is -0.396 e. The quantitative estimate of drug-likeness (QED) is 0.862. The number of piperidine rings is 1. The van der Waals surface area contributed by atoms with Crippen LogP contribution in [0.5, 0.6) is 0 Å². The Bertz CT molecular complexity index is 628. The number of carbonyl (C=O) groups excluding carboxylic acids is 1. The molecule has 2 N–H and O–H groups in total. The molecule has 0 atom stereocenters. The second kappa shape index (κ2) is 6.60. The predicted octanol–water partition coefficient (Wildman–Crippen LogP) is 3.06. The Hall–Kier alpha value is -1.62. The van der Waals surface area contributed by atoms with E-state index in [4.69, 9.17) is 0 Å². The van der Waals surface area contributed by atoms with Crippen LogP contribution in [-0.4, -0.2) is 47.1 Å². The molecule has 0 radical (unpaired) electrons. The summed E-state index contributed by atoms with van der Waals surface area (Å²) in [5, 5.41) is 13.3. The number of pyridine rings is 1. The molecular weight excluding hydrogens is 314 g/mol. The maximum absolute atomic E-state index is 12.6. The maximum Gasteiger partial charge on any atom is 0.272 e. The van der Waals surface area contributed by atoms with Crippen LogP contribution in [-0.2, 0) is 0 Å². The Morgan fingerprint density at radius 3 is 2.60 bits per heavy atom. The number of hydrogen-bond acceptors (Lipinski definition) is 4. The average Bonchev–Trinajstić information content (AvgIpc) is 2.60. The van der Waals surface area contributed by atoms with E-state index in [0.717, 1.165) is 51.0 Å². The van der Waals surface area contributed by atoms with Gasteiger partial charge in [-0.05, 0) is 62.5 Å². The van der Waals surface area contributed by atoms with Crippen LogP contribution in [0.15, 0.2) is 18.3 Å². The lowest BCUT2D eigenvalue weighted by atomic mass is 9.45. The number of amides is 1. The molecule has 1 aromatic heterocycles. The summed E-state index contributed by atoms with van der Waals surface area (Å²) in [5.41, 5.74) is 2.01. The number of rotatable bonds is 5. The van der Waals surface area contributed by atoms with Gasteiger partial charge in [-0.2, -0.15) is 0 Å². The van der Waals surface area contributed by atoms with Crippen molar-refractivity contribution in [1.29, 1.82) is 0 Å². The molecule has 0 unspecified atom stereocenters. The molecule has 136 valence electrons. The number of hydrogen-bond donors (Lipinski definition) is 2. The Kier molecular flexibility index (Phi) is 4.44. The first-order valence-corrected chi connectivity index (χ1v) is 9.74. The van der Waals surface area contributed by atoms with E-state index in [1.807, 2.05) is 17.0 Å². The van der Waals surface area contributed by atoms with E-state index in [2.05, 4.69) is 10.3 Å². The van der Waals surface area contributed by atoms with E-state index in [1.54, 1.807) is 6.20 Å². The van der Waals surface area contributed by atoms with E-state index in [9.17, 15) is 9.90 Å². The van der Waals surface area contributed by atoms with Crippen molar-refractivity contribution in [2.24, 2.45) is 10.8 Å². The first kappa shape index (κ1) is 16.8. The molecule has 1 amide bonds. The van der Waals surface area contributed by atoms with Crippen molar-refractivity contribution < 1.29 is 9.90 Å². The van der Waals surface area contributed by atoms with Gasteiger partial charge in [0.1, 0.15) is 5.69 Å². The molecule has 3 aliphatic rings. The number of aliphatic hydroxyl groups excluding tert-OH is 1. The number of aromatic nitrogens is 1. The van der Waals surface area contributed by atoms with Gasteiger partial charge in [0.25, 0.3) is 5.91 Å². The summed E-state index contributed by atoms with van der Waals surface area (Å²) in [5.74, 6) is 0.0392. The van der Waals surface area contributed by atoms with Crippen molar-refractivity contribution in [3.05, 3.63) is 24.0 Å². The van der Waals surface area contributed by atoms with Crippen LogP contribution >= 0.6 is 0 Å². The molecular formula is C20H29N3O2. The fraction of sp³-hybridized carbons (Fsp3) is 0.700. The first-order valence-electron chi connectivity index (χ1n) is 9.74. The van der Waals surface area contributed by atoms with Crippen molar-refractivity contribution >= 4 is 11.6 Å². The summed E-state index contributed by atoms with van der Waals surface area (Å²) in [4.78, 5) is 18.8. The third kappa shape index (κ3) is 3.26. The lowest BCUT2D eigenvalue weighted by Crippen LogP contribution is -2.55. The summed E-state index contributed by atoms with van der Waals surface area (Å²) >= 11 is 0. The molecule has 5 nitrogen and oxygen atoms in total. The van der Waals surface area contributed by atoms with Crippen LogP contribution in [0.25, 0.3) is 0 Å². The molecule has 1 saturated heterocycles. The fourth-order valence-corrected chi connectivity index (χ4v) is 5.07. The van der Waals surface area contributed by atoms with E-state index < -0.39 is 0 Å². The topological polar surface area (TPSA) is 65.5 Å². The molecule has 1 aliphatic heterocycles. The average molecular weight is 343 g/mol. The van der Waals surface area contributed by atoms with E-state index in [-0.39, 0.29) is 17.9 Å². The standard InChI is InChI=1S/C20H29N3O2/c24-15-20(12-19(13-20)6-4-7-19)14-22-16-5-8-21-17(11-16)18(25)23-9-2-1-3-10-23/h5,8,11,24H,1-4,6-7,9-10,12-15H2,(H,21,22). The summed E-state index contributed by atoms with van der Waals surface area (Å²) in [7, 11) is 0. The molecule has 3 fully saturated rings. The number of carbonyl (C=O) groups is 1. The highest BCUT2D eigenvalue weighted by Crippen LogP contribution is 2.64.